The molecule has 8 heteroatoms. The van der Waals surface area contributed by atoms with Gasteiger partial charge in [0.2, 0.25) is 0 Å². The molecule has 0 radical (unpaired) electrons. The van der Waals surface area contributed by atoms with Gasteiger partial charge in [-0.15, -0.1) is 6.42 Å². The average Bonchev–Trinajstić information content (AvgIpc) is 3.20. The van der Waals surface area contributed by atoms with Crippen LogP contribution in [-0.4, -0.2) is 36.6 Å². The summed E-state index contributed by atoms with van der Waals surface area (Å²) >= 11 is 0. The van der Waals surface area contributed by atoms with E-state index < -0.39 is 23.4 Å². The van der Waals surface area contributed by atoms with Crippen LogP contribution in [0.15, 0.2) is 42.5 Å². The molecule has 1 amide bonds. The van der Waals surface area contributed by atoms with Crippen LogP contribution >= 0.6 is 0 Å². The Hall–Kier alpha value is -3.57. The zero-order valence-corrected chi connectivity index (χ0v) is 16.5. The molecule has 0 bridgehead atoms. The van der Waals surface area contributed by atoms with Gasteiger partial charge in [0.25, 0.3) is 11.9 Å². The van der Waals surface area contributed by atoms with E-state index >= 15 is 0 Å². The molecule has 0 unspecified atom stereocenters. The van der Waals surface area contributed by atoms with Crippen molar-refractivity contribution < 1.29 is 19.2 Å². The fraction of sp³-hybridized carbons (Fsp3) is 0.318. The molecule has 0 aliphatic carbocycles. The summed E-state index contributed by atoms with van der Waals surface area (Å²) in [6, 6.07) is 10.7. The number of rotatable bonds is 5. The molecule has 2 aromatic rings. The van der Waals surface area contributed by atoms with Crippen molar-refractivity contribution in [2.24, 2.45) is 0 Å². The van der Waals surface area contributed by atoms with Gasteiger partial charge in [0.15, 0.2) is 17.0 Å². The van der Waals surface area contributed by atoms with Gasteiger partial charge in [-0.1, -0.05) is 30.2 Å². The summed E-state index contributed by atoms with van der Waals surface area (Å²) in [6.07, 6.45) is 5.25. The summed E-state index contributed by atoms with van der Waals surface area (Å²) in [5.41, 5.74) is 0.406. The van der Waals surface area contributed by atoms with Crippen LogP contribution in [-0.2, 0) is 10.3 Å². The first-order valence-corrected chi connectivity index (χ1v) is 9.50. The highest BCUT2D eigenvalue weighted by molar-refractivity contribution is 6.07. The Balaban J connectivity index is 1.81. The van der Waals surface area contributed by atoms with Crippen molar-refractivity contribution in [3.05, 3.63) is 63.7 Å². The van der Waals surface area contributed by atoms with Crippen LogP contribution in [0, 0.1) is 22.5 Å². The van der Waals surface area contributed by atoms with Gasteiger partial charge < -0.3 is 14.8 Å². The number of nitrogens with one attached hydrogen (secondary N) is 2. The SMILES string of the molecule is C#CCOc1ccc([C@@H]2[C@H](C)N[C@]3(C(=O)Nc4ccccc43)[C@@H]2[N+](=O)[O-])cc1OC. The third-order valence-corrected chi connectivity index (χ3v) is 5.85. The van der Waals surface area contributed by atoms with Crippen molar-refractivity contribution in [1.29, 1.82) is 0 Å². The van der Waals surface area contributed by atoms with Crippen LogP contribution in [0.3, 0.4) is 0 Å². The van der Waals surface area contributed by atoms with Crippen LogP contribution in [0.1, 0.15) is 24.0 Å². The molecule has 1 saturated heterocycles. The first-order chi connectivity index (χ1) is 14.4. The molecule has 2 aromatic carbocycles. The second-order valence-corrected chi connectivity index (χ2v) is 7.40. The lowest BCUT2D eigenvalue weighted by Crippen LogP contribution is -2.54. The highest BCUT2D eigenvalue weighted by atomic mass is 16.6. The molecule has 0 aromatic heterocycles. The number of nitrogens with zero attached hydrogens (tertiary/aromatic N) is 1. The maximum atomic E-state index is 13.0. The van der Waals surface area contributed by atoms with E-state index in [1.165, 1.54) is 7.11 Å². The molecule has 0 saturated carbocycles. The summed E-state index contributed by atoms with van der Waals surface area (Å²) in [4.78, 5) is 25.0. The lowest BCUT2D eigenvalue weighted by atomic mass is 9.78. The van der Waals surface area contributed by atoms with Gasteiger partial charge in [-0.3, -0.25) is 20.2 Å². The van der Waals surface area contributed by atoms with E-state index in [2.05, 4.69) is 16.6 Å². The van der Waals surface area contributed by atoms with E-state index in [-0.39, 0.29) is 17.6 Å². The zero-order chi connectivity index (χ0) is 21.5. The van der Waals surface area contributed by atoms with Crippen LogP contribution in [0.25, 0.3) is 0 Å². The van der Waals surface area contributed by atoms with E-state index in [9.17, 15) is 14.9 Å². The monoisotopic (exact) mass is 407 g/mol. The minimum Gasteiger partial charge on any atom is -0.493 e. The Morgan fingerprint density at radius 1 is 1.27 bits per heavy atom. The largest absolute Gasteiger partial charge is 0.493 e. The second-order valence-electron chi connectivity index (χ2n) is 7.40. The number of hydrogen-bond acceptors (Lipinski definition) is 6. The molecule has 154 valence electrons. The molecule has 1 spiro atoms. The Kier molecular flexibility index (Phi) is 4.84. The van der Waals surface area contributed by atoms with Crippen molar-refractivity contribution in [3.63, 3.8) is 0 Å². The number of ether oxygens (including phenoxy) is 2. The quantitative estimate of drug-likeness (QED) is 0.448. The van der Waals surface area contributed by atoms with Crippen LogP contribution in [0.2, 0.25) is 0 Å². The highest BCUT2D eigenvalue weighted by Gasteiger charge is 2.67. The molecular weight excluding hydrogens is 386 g/mol. The van der Waals surface area contributed by atoms with Crippen LogP contribution in [0.4, 0.5) is 5.69 Å². The summed E-state index contributed by atoms with van der Waals surface area (Å²) in [5.74, 6) is 2.28. The predicted octanol–water partition coefficient (Wildman–Crippen LogP) is 2.28. The van der Waals surface area contributed by atoms with Crippen LogP contribution < -0.4 is 20.1 Å². The summed E-state index contributed by atoms with van der Waals surface area (Å²) in [6.45, 7) is 1.92. The van der Waals surface area contributed by atoms with E-state index in [0.29, 0.717) is 28.3 Å². The standard InChI is InChI=1S/C22H21N3O5/c1-4-11-30-17-10-9-14(12-18(17)29-3)19-13(2)24-22(20(19)25(27)28)15-7-5-6-8-16(15)23-21(22)26/h1,5-10,12-13,19-20,24H,11H2,2-3H3,(H,23,26)/t13-,19-,20+,22-/m0/s1. The third-order valence-electron chi connectivity index (χ3n) is 5.85. The van der Waals surface area contributed by atoms with E-state index in [1.807, 2.05) is 6.92 Å². The van der Waals surface area contributed by atoms with Gasteiger partial charge in [-0.25, -0.2) is 0 Å². The summed E-state index contributed by atoms with van der Waals surface area (Å²) in [7, 11) is 1.49. The number of carbonyl (C=O) groups excluding carboxylic acids is 1. The number of nitro groups is 1. The molecular formula is C22H21N3O5. The summed E-state index contributed by atoms with van der Waals surface area (Å²) in [5, 5.41) is 18.4. The first-order valence-electron chi connectivity index (χ1n) is 9.50. The Bertz CT molecular complexity index is 1060. The number of amides is 1. The van der Waals surface area contributed by atoms with E-state index in [4.69, 9.17) is 15.9 Å². The molecule has 2 aliphatic heterocycles. The molecule has 4 rings (SSSR count). The number of carbonyl (C=O) groups is 1. The predicted molar refractivity (Wildman–Crippen MR) is 110 cm³/mol. The van der Waals surface area contributed by atoms with Crippen molar-refractivity contribution in [2.45, 2.75) is 30.5 Å². The number of anilines is 1. The average molecular weight is 407 g/mol. The smallest absolute Gasteiger partial charge is 0.256 e. The van der Waals surface area contributed by atoms with Gasteiger partial charge in [0.1, 0.15) is 6.61 Å². The van der Waals surface area contributed by atoms with E-state index in [0.717, 1.165) is 0 Å². The Morgan fingerprint density at radius 3 is 2.73 bits per heavy atom. The number of fused-ring (bicyclic) bond motifs is 2. The number of hydrogen-bond donors (Lipinski definition) is 2. The second kappa shape index (κ2) is 7.35. The van der Waals surface area contributed by atoms with Gasteiger partial charge in [0, 0.05) is 22.2 Å². The lowest BCUT2D eigenvalue weighted by Gasteiger charge is -2.25. The van der Waals surface area contributed by atoms with Crippen molar-refractivity contribution in [3.8, 4) is 23.8 Å². The normalized spacial score (nSPS) is 26.7. The molecule has 2 N–H and O–H groups in total. The number of terminal acetylenes is 1. The first kappa shape index (κ1) is 19.7. The Labute approximate surface area is 173 Å². The van der Waals surface area contributed by atoms with Crippen LogP contribution in [0.5, 0.6) is 11.5 Å². The fourth-order valence-corrected chi connectivity index (χ4v) is 4.68. The van der Waals surface area contributed by atoms with Crippen molar-refractivity contribution in [2.75, 3.05) is 19.0 Å². The molecule has 1 fully saturated rings. The van der Waals surface area contributed by atoms with Gasteiger partial charge in [-0.05, 0) is 30.7 Å². The zero-order valence-electron chi connectivity index (χ0n) is 16.5. The van der Waals surface area contributed by atoms with Crippen molar-refractivity contribution >= 4 is 11.6 Å². The van der Waals surface area contributed by atoms with E-state index in [1.54, 1.807) is 42.5 Å². The molecule has 2 aliphatic rings. The van der Waals surface area contributed by atoms with Crippen molar-refractivity contribution in [1.82, 2.24) is 5.32 Å². The third kappa shape index (κ3) is 2.78. The highest BCUT2D eigenvalue weighted by Crippen LogP contribution is 2.50. The Morgan fingerprint density at radius 2 is 2.03 bits per heavy atom. The number of benzene rings is 2. The minimum atomic E-state index is -1.45. The van der Waals surface area contributed by atoms with Gasteiger partial charge in [0.05, 0.1) is 13.0 Å². The maximum absolute atomic E-state index is 13.0. The lowest BCUT2D eigenvalue weighted by molar-refractivity contribution is -0.532. The number of para-hydroxylation sites is 1. The number of methoxy groups -OCH3 is 1. The molecule has 8 nitrogen and oxygen atoms in total. The van der Waals surface area contributed by atoms with Gasteiger partial charge >= 0.3 is 0 Å². The van der Waals surface area contributed by atoms with Gasteiger partial charge in [-0.2, -0.15) is 0 Å². The topological polar surface area (TPSA) is 103 Å². The molecule has 30 heavy (non-hydrogen) atoms. The fourth-order valence-electron chi connectivity index (χ4n) is 4.68. The molecule has 2 heterocycles. The molecule has 4 atom stereocenters. The maximum Gasteiger partial charge on any atom is 0.256 e. The summed E-state index contributed by atoms with van der Waals surface area (Å²) < 4.78 is 10.9. The minimum absolute atomic E-state index is 0.0781.